The topological polar surface area (TPSA) is 46.2 Å². The van der Waals surface area contributed by atoms with E-state index in [1.807, 2.05) is 66.7 Å². The van der Waals surface area contributed by atoms with Gasteiger partial charge in [-0.15, -0.1) is 0 Å². The first-order valence-electron chi connectivity index (χ1n) is 16.2. The molecule has 5 nitrogen and oxygen atoms in total. The summed E-state index contributed by atoms with van der Waals surface area (Å²) in [6.07, 6.45) is 0.862. The molecular formula is C41H37F3O5. The lowest BCUT2D eigenvalue weighted by Crippen LogP contribution is -2.35. The molecule has 0 N–H and O–H groups in total. The lowest BCUT2D eigenvalue weighted by Gasteiger charge is -2.39. The molecule has 0 amide bonds. The minimum absolute atomic E-state index is 0.536. The summed E-state index contributed by atoms with van der Waals surface area (Å²) < 4.78 is 72.3. The number of methoxy groups -OCH3 is 4. The monoisotopic (exact) mass is 666 g/mol. The molecule has 49 heavy (non-hydrogen) atoms. The second-order valence-electron chi connectivity index (χ2n) is 12.4. The molecule has 0 saturated heterocycles. The Bertz CT molecular complexity index is 2070. The molecule has 0 bridgehead atoms. The van der Waals surface area contributed by atoms with Gasteiger partial charge in [-0.1, -0.05) is 62.4 Å². The Kier molecular flexibility index (Phi) is 7.81. The molecule has 0 fully saturated rings. The van der Waals surface area contributed by atoms with Gasteiger partial charge in [0.15, 0.2) is 28.6 Å². The fourth-order valence-electron chi connectivity index (χ4n) is 7.93. The number of hydrogen-bond acceptors (Lipinski definition) is 5. The van der Waals surface area contributed by atoms with E-state index < -0.39 is 22.8 Å². The highest BCUT2D eigenvalue weighted by atomic mass is 19.4. The average molecular weight is 667 g/mol. The van der Waals surface area contributed by atoms with Crippen molar-refractivity contribution in [3.8, 4) is 39.9 Å². The highest BCUT2D eigenvalue weighted by Gasteiger charge is 2.48. The van der Waals surface area contributed by atoms with Crippen LogP contribution >= 0.6 is 0 Å². The molecule has 0 unspecified atom stereocenters. The SMILES string of the molecule is CCC1(CC)c2cc(C(F)(F)F)ccc2-c2c1c1c(c3ccccc23)OC(c2ccc(OC)c(OC)c2)(c2ccc(OC)c(OC)c2)C=C1. The average Bonchev–Trinajstić information content (AvgIpc) is 3.44. The maximum Gasteiger partial charge on any atom is 0.416 e. The molecule has 5 aromatic carbocycles. The van der Waals surface area contributed by atoms with Crippen LogP contribution < -0.4 is 23.7 Å². The van der Waals surface area contributed by atoms with Crippen LogP contribution in [-0.4, -0.2) is 28.4 Å². The lowest BCUT2D eigenvalue weighted by molar-refractivity contribution is -0.137. The lowest BCUT2D eigenvalue weighted by atomic mass is 9.71. The van der Waals surface area contributed by atoms with Crippen molar-refractivity contribution < 1.29 is 36.9 Å². The summed E-state index contributed by atoms with van der Waals surface area (Å²) in [5.74, 6) is 2.87. The Hall–Kier alpha value is -5.11. The van der Waals surface area contributed by atoms with Crippen LogP contribution in [0.4, 0.5) is 13.2 Å². The zero-order chi connectivity index (χ0) is 34.7. The molecule has 5 aromatic rings. The highest BCUT2D eigenvalue weighted by molar-refractivity contribution is 6.08. The van der Waals surface area contributed by atoms with E-state index in [4.69, 9.17) is 23.7 Å². The Balaban J connectivity index is 1.56. The molecular weight excluding hydrogens is 629 g/mol. The fraction of sp³-hybridized carbons (Fsp3) is 0.268. The van der Waals surface area contributed by atoms with E-state index in [9.17, 15) is 13.2 Å². The van der Waals surface area contributed by atoms with E-state index in [1.54, 1.807) is 34.5 Å². The summed E-state index contributed by atoms with van der Waals surface area (Å²) in [7, 11) is 6.35. The Labute approximate surface area is 283 Å². The highest BCUT2D eigenvalue weighted by Crippen LogP contribution is 2.61. The Morgan fingerprint density at radius 3 is 1.78 bits per heavy atom. The van der Waals surface area contributed by atoms with Gasteiger partial charge in [-0.3, -0.25) is 0 Å². The number of fused-ring (bicyclic) bond motifs is 8. The molecule has 0 aromatic heterocycles. The summed E-state index contributed by atoms with van der Waals surface area (Å²) in [4.78, 5) is 0. The second kappa shape index (κ2) is 11.8. The van der Waals surface area contributed by atoms with Crippen LogP contribution in [0, 0.1) is 0 Å². The van der Waals surface area contributed by atoms with Crippen molar-refractivity contribution in [3.63, 3.8) is 0 Å². The van der Waals surface area contributed by atoms with Crippen molar-refractivity contribution in [1.82, 2.24) is 0 Å². The van der Waals surface area contributed by atoms with Gasteiger partial charge in [0.05, 0.1) is 34.0 Å². The van der Waals surface area contributed by atoms with Gasteiger partial charge in [0.25, 0.3) is 0 Å². The molecule has 1 aliphatic carbocycles. The molecule has 0 saturated carbocycles. The molecule has 7 rings (SSSR count). The number of hydrogen-bond donors (Lipinski definition) is 0. The Morgan fingerprint density at radius 2 is 1.24 bits per heavy atom. The molecule has 2 aliphatic rings. The van der Waals surface area contributed by atoms with Gasteiger partial charge in [-0.2, -0.15) is 13.2 Å². The normalized spacial score (nSPS) is 15.2. The first-order valence-corrected chi connectivity index (χ1v) is 16.2. The molecule has 0 radical (unpaired) electrons. The smallest absolute Gasteiger partial charge is 0.416 e. The fourth-order valence-corrected chi connectivity index (χ4v) is 7.93. The minimum atomic E-state index is -4.46. The van der Waals surface area contributed by atoms with E-state index in [0.29, 0.717) is 47.2 Å². The van der Waals surface area contributed by atoms with Gasteiger partial charge in [0.2, 0.25) is 0 Å². The predicted molar refractivity (Wildman–Crippen MR) is 185 cm³/mol. The zero-order valence-corrected chi connectivity index (χ0v) is 28.2. The summed E-state index contributed by atoms with van der Waals surface area (Å²) in [5.41, 5.74) is 3.42. The van der Waals surface area contributed by atoms with Crippen LogP contribution in [0.15, 0.2) is 84.9 Å². The molecule has 0 atom stereocenters. The molecule has 1 aliphatic heterocycles. The third-order valence-corrected chi connectivity index (χ3v) is 10.4. The van der Waals surface area contributed by atoms with Gasteiger partial charge in [0.1, 0.15) is 5.75 Å². The standard InChI is InChI=1S/C41H37F3O5/c1-7-39(8-2)31-21-26(41(42,43)44)13-16-29(31)36-27-11-9-10-12-28(27)38-30(37(36)39)19-20-40(49-38,24-14-17-32(45-3)34(22-24)47-5)25-15-18-33(46-4)35(23-25)48-6/h9-23H,7-8H2,1-6H3. The largest absolute Gasteiger partial charge is 0.493 e. The van der Waals surface area contributed by atoms with Crippen LogP contribution in [0.1, 0.15) is 60.1 Å². The third kappa shape index (κ3) is 4.67. The maximum absolute atomic E-state index is 14.1. The van der Waals surface area contributed by atoms with E-state index in [1.165, 1.54) is 12.1 Å². The van der Waals surface area contributed by atoms with Gasteiger partial charge in [0, 0.05) is 27.5 Å². The third-order valence-electron chi connectivity index (χ3n) is 10.4. The van der Waals surface area contributed by atoms with E-state index in [0.717, 1.165) is 44.2 Å². The second-order valence-corrected chi connectivity index (χ2v) is 12.4. The maximum atomic E-state index is 14.1. The van der Waals surface area contributed by atoms with Crippen molar-refractivity contribution in [3.05, 3.63) is 118 Å². The number of alkyl halides is 3. The van der Waals surface area contributed by atoms with Crippen molar-refractivity contribution in [1.29, 1.82) is 0 Å². The van der Waals surface area contributed by atoms with Gasteiger partial charge in [-0.05, 0) is 83.0 Å². The molecule has 1 heterocycles. The summed E-state index contributed by atoms with van der Waals surface area (Å²) >= 11 is 0. The Morgan fingerprint density at radius 1 is 0.673 bits per heavy atom. The van der Waals surface area contributed by atoms with Crippen LogP contribution in [-0.2, 0) is 17.2 Å². The predicted octanol–water partition coefficient (Wildman–Crippen LogP) is 10.3. The van der Waals surface area contributed by atoms with Gasteiger partial charge >= 0.3 is 6.18 Å². The van der Waals surface area contributed by atoms with E-state index >= 15 is 0 Å². The quantitative estimate of drug-likeness (QED) is 0.165. The van der Waals surface area contributed by atoms with Crippen molar-refractivity contribution in [2.24, 2.45) is 0 Å². The molecule has 0 spiro atoms. The molecule has 8 heteroatoms. The first-order chi connectivity index (χ1) is 23.6. The van der Waals surface area contributed by atoms with Crippen LogP contribution in [0.2, 0.25) is 0 Å². The van der Waals surface area contributed by atoms with Crippen molar-refractivity contribution in [2.75, 3.05) is 28.4 Å². The number of ether oxygens (including phenoxy) is 5. The summed E-state index contributed by atoms with van der Waals surface area (Å²) in [6.45, 7) is 4.10. The van der Waals surface area contributed by atoms with Crippen LogP contribution in [0.25, 0.3) is 28.0 Å². The van der Waals surface area contributed by atoms with Gasteiger partial charge in [-0.25, -0.2) is 0 Å². The van der Waals surface area contributed by atoms with Crippen molar-refractivity contribution in [2.45, 2.75) is 43.9 Å². The summed E-state index contributed by atoms with van der Waals surface area (Å²) in [6, 6.07) is 23.6. The van der Waals surface area contributed by atoms with Gasteiger partial charge < -0.3 is 23.7 Å². The first kappa shape index (κ1) is 32.4. The number of halogens is 3. The molecule has 252 valence electrons. The number of benzene rings is 5. The summed E-state index contributed by atoms with van der Waals surface area (Å²) in [5, 5.41) is 1.78. The van der Waals surface area contributed by atoms with E-state index in [2.05, 4.69) is 19.9 Å². The minimum Gasteiger partial charge on any atom is -0.493 e. The zero-order valence-electron chi connectivity index (χ0n) is 28.2. The number of rotatable bonds is 8. The van der Waals surface area contributed by atoms with Crippen molar-refractivity contribution >= 4 is 16.8 Å². The van der Waals surface area contributed by atoms with E-state index in [-0.39, 0.29) is 0 Å². The van der Waals surface area contributed by atoms with Crippen LogP contribution in [0.5, 0.6) is 28.7 Å². The van der Waals surface area contributed by atoms with Crippen LogP contribution in [0.3, 0.4) is 0 Å².